The molecule has 3 atom stereocenters. The molecule has 3 aromatic rings. The highest BCUT2D eigenvalue weighted by Crippen LogP contribution is 2.45. The molecule has 2 unspecified atom stereocenters. The van der Waals surface area contributed by atoms with E-state index in [2.05, 4.69) is 30.5 Å². The van der Waals surface area contributed by atoms with Crippen LogP contribution in [0.25, 0.3) is 11.4 Å². The number of carbonyl (C=O) groups is 2. The van der Waals surface area contributed by atoms with Gasteiger partial charge in [0.05, 0.1) is 31.3 Å². The maximum absolute atomic E-state index is 13.3. The second kappa shape index (κ2) is 10.4. The summed E-state index contributed by atoms with van der Waals surface area (Å²) in [5.41, 5.74) is -0.0218. The highest BCUT2D eigenvalue weighted by molar-refractivity contribution is 5.97. The van der Waals surface area contributed by atoms with E-state index in [4.69, 9.17) is 4.74 Å². The predicted molar refractivity (Wildman–Crippen MR) is 151 cm³/mol. The first-order chi connectivity index (χ1) is 19.7. The van der Waals surface area contributed by atoms with Crippen molar-refractivity contribution in [2.75, 3.05) is 53.9 Å². The number of amides is 1. The summed E-state index contributed by atoms with van der Waals surface area (Å²) < 4.78 is 6.94. The summed E-state index contributed by atoms with van der Waals surface area (Å²) in [6.45, 7) is 3.17. The lowest BCUT2D eigenvalue weighted by molar-refractivity contribution is -0.123. The predicted octanol–water partition coefficient (Wildman–Crippen LogP) is 0.287. The molecule has 3 aromatic heterocycles. The zero-order chi connectivity index (χ0) is 28.8. The van der Waals surface area contributed by atoms with Crippen LogP contribution >= 0.6 is 0 Å². The number of Topliss-reactive ketones (excluding diaryl/α,β-unsaturated/α-hetero) is 1. The maximum Gasteiger partial charge on any atom is 0.332 e. The van der Waals surface area contributed by atoms with Crippen LogP contribution in [0.5, 0.6) is 0 Å². The van der Waals surface area contributed by atoms with E-state index in [1.165, 1.54) is 25.1 Å². The maximum atomic E-state index is 13.3. The molecule has 1 saturated carbocycles. The number of hydrogen-bond acceptors (Lipinski definition) is 11. The average Bonchev–Trinajstić information content (AvgIpc) is 3.35. The van der Waals surface area contributed by atoms with Crippen molar-refractivity contribution in [1.29, 1.82) is 0 Å². The number of methoxy groups -OCH3 is 1. The number of ether oxygens (including phenoxy) is 1. The number of pyridine rings is 1. The molecule has 1 saturated heterocycles. The van der Waals surface area contributed by atoms with Gasteiger partial charge in [0.25, 0.3) is 5.56 Å². The lowest BCUT2D eigenvalue weighted by atomic mass is 10.2. The molecule has 5 heterocycles. The van der Waals surface area contributed by atoms with Gasteiger partial charge in [-0.2, -0.15) is 0 Å². The van der Waals surface area contributed by atoms with Crippen LogP contribution in [0.1, 0.15) is 13.3 Å². The molecule has 0 radical (unpaired) electrons. The van der Waals surface area contributed by atoms with Gasteiger partial charge in [-0.3, -0.25) is 23.5 Å². The summed E-state index contributed by atoms with van der Waals surface area (Å²) in [6.07, 6.45) is 4.77. The lowest BCUT2D eigenvalue weighted by Crippen LogP contribution is -2.47. The van der Waals surface area contributed by atoms with Gasteiger partial charge in [0.2, 0.25) is 5.91 Å². The Balaban J connectivity index is 1.18. The second-order valence-electron chi connectivity index (χ2n) is 10.7. The fraction of sp³-hybridized carbons (Fsp3) is 0.444. The molecule has 0 aromatic carbocycles. The van der Waals surface area contributed by atoms with Crippen LogP contribution < -0.4 is 31.7 Å². The third-order valence-corrected chi connectivity index (χ3v) is 7.92. The summed E-state index contributed by atoms with van der Waals surface area (Å²) >= 11 is 0. The van der Waals surface area contributed by atoms with Crippen molar-refractivity contribution in [3.63, 3.8) is 0 Å². The molecule has 0 spiro atoms. The van der Waals surface area contributed by atoms with Gasteiger partial charge in [-0.15, -0.1) is 0 Å². The Bertz CT molecular complexity index is 1620. The number of nitrogens with one attached hydrogen (secondary N) is 2. The van der Waals surface area contributed by atoms with Gasteiger partial charge < -0.3 is 25.2 Å². The monoisotopic (exact) mass is 561 g/mol. The van der Waals surface area contributed by atoms with E-state index in [0.29, 0.717) is 17.2 Å². The summed E-state index contributed by atoms with van der Waals surface area (Å²) in [5.74, 6) is 2.22. The first kappa shape index (κ1) is 26.6. The van der Waals surface area contributed by atoms with E-state index in [9.17, 15) is 19.2 Å². The van der Waals surface area contributed by atoms with Gasteiger partial charge in [-0.1, -0.05) is 6.07 Å². The Hall–Kier alpha value is -4.59. The molecule has 3 aliphatic rings. The molecule has 1 amide bonds. The van der Waals surface area contributed by atoms with Crippen LogP contribution in [-0.4, -0.2) is 75.3 Å². The molecule has 2 aliphatic heterocycles. The summed E-state index contributed by atoms with van der Waals surface area (Å²) in [6, 6.07) is 4.42. The van der Waals surface area contributed by atoms with E-state index in [1.54, 1.807) is 42.4 Å². The van der Waals surface area contributed by atoms with E-state index >= 15 is 0 Å². The van der Waals surface area contributed by atoms with Gasteiger partial charge in [0.1, 0.15) is 41.5 Å². The number of anilines is 4. The van der Waals surface area contributed by atoms with Crippen molar-refractivity contribution in [3.05, 3.63) is 51.4 Å². The van der Waals surface area contributed by atoms with Gasteiger partial charge in [0, 0.05) is 27.2 Å². The molecule has 6 rings (SSSR count). The zero-order valence-corrected chi connectivity index (χ0v) is 23.0. The summed E-state index contributed by atoms with van der Waals surface area (Å²) in [5, 5.41) is 5.83. The normalized spacial score (nSPS) is 19.4. The molecule has 2 N–H and O–H groups in total. The molecule has 2 fully saturated rings. The molecule has 0 bridgehead atoms. The molecule has 14 heteroatoms. The van der Waals surface area contributed by atoms with Gasteiger partial charge in [-0.05, 0) is 37.3 Å². The molecular weight excluding hydrogens is 530 g/mol. The number of ketones is 1. The number of piperidine rings is 1. The zero-order valence-electron chi connectivity index (χ0n) is 23.0. The van der Waals surface area contributed by atoms with E-state index in [-0.39, 0.29) is 24.8 Å². The SMILES string of the molecule is COCC(=O)Cn1c(=O)c2c(n(C)c1=O)NCN2[C@@H](C)C(=O)Nc1cccc(-c2cnc(N3CC4CC4C3)cn2)n1. The van der Waals surface area contributed by atoms with Crippen molar-refractivity contribution in [2.45, 2.75) is 25.9 Å². The van der Waals surface area contributed by atoms with Crippen molar-refractivity contribution < 1.29 is 14.3 Å². The Labute approximate surface area is 235 Å². The third-order valence-electron chi connectivity index (χ3n) is 7.92. The van der Waals surface area contributed by atoms with Crippen molar-refractivity contribution >= 4 is 34.8 Å². The first-order valence-corrected chi connectivity index (χ1v) is 13.5. The third kappa shape index (κ3) is 4.94. The van der Waals surface area contributed by atoms with Crippen molar-refractivity contribution in [3.8, 4) is 11.4 Å². The molecular formula is C27H31N9O5. The quantitative estimate of drug-likeness (QED) is 0.370. The number of nitrogens with zero attached hydrogens (tertiary/aromatic N) is 7. The van der Waals surface area contributed by atoms with Crippen LogP contribution in [-0.2, 0) is 27.9 Å². The number of carbonyl (C=O) groups excluding carboxylic acids is 2. The van der Waals surface area contributed by atoms with Gasteiger partial charge >= 0.3 is 5.69 Å². The van der Waals surface area contributed by atoms with Gasteiger partial charge in [0.15, 0.2) is 5.78 Å². The minimum absolute atomic E-state index is 0.121. The Morgan fingerprint density at radius 3 is 2.63 bits per heavy atom. The second-order valence-corrected chi connectivity index (χ2v) is 10.7. The fourth-order valence-corrected chi connectivity index (χ4v) is 5.53. The van der Waals surface area contributed by atoms with Gasteiger partial charge in [-0.25, -0.2) is 19.7 Å². The highest BCUT2D eigenvalue weighted by atomic mass is 16.5. The van der Waals surface area contributed by atoms with Crippen LogP contribution in [0.15, 0.2) is 40.2 Å². The van der Waals surface area contributed by atoms with Crippen molar-refractivity contribution in [1.82, 2.24) is 24.1 Å². The first-order valence-electron chi connectivity index (χ1n) is 13.5. The topological polar surface area (TPSA) is 157 Å². The lowest BCUT2D eigenvalue weighted by Gasteiger charge is -2.24. The van der Waals surface area contributed by atoms with Crippen LogP contribution in [0.3, 0.4) is 0 Å². The summed E-state index contributed by atoms with van der Waals surface area (Å²) in [7, 11) is 2.86. The van der Waals surface area contributed by atoms with E-state index in [1.807, 2.05) is 0 Å². The minimum atomic E-state index is -0.812. The van der Waals surface area contributed by atoms with E-state index in [0.717, 1.165) is 35.3 Å². The number of rotatable bonds is 9. The molecule has 41 heavy (non-hydrogen) atoms. The molecule has 14 nitrogen and oxygen atoms in total. The Morgan fingerprint density at radius 2 is 1.93 bits per heavy atom. The molecule has 214 valence electrons. The largest absolute Gasteiger partial charge is 0.377 e. The number of hydrogen-bond donors (Lipinski definition) is 2. The standard InChI is InChI=1S/C27H31N9O5/c1-15(36-14-30-24-23(36)26(39)35(27(40)33(24)2)12-18(37)13-41-3)25(38)32-21-6-4-5-19(31-21)20-8-29-22(9-28-20)34-10-16-7-17(16)11-34/h4-6,8-9,15-17,30H,7,10-14H2,1-3H3,(H,31,32,38)/t15-,16?,17?/m0/s1. The van der Waals surface area contributed by atoms with Crippen LogP contribution in [0.4, 0.5) is 23.1 Å². The minimum Gasteiger partial charge on any atom is -0.377 e. The number of aromatic nitrogens is 5. The Kier molecular flexibility index (Phi) is 6.77. The van der Waals surface area contributed by atoms with Crippen LogP contribution in [0, 0.1) is 11.8 Å². The average molecular weight is 562 g/mol. The fourth-order valence-electron chi connectivity index (χ4n) is 5.53. The number of fused-ring (bicyclic) bond motifs is 2. The highest BCUT2D eigenvalue weighted by Gasteiger charge is 2.45. The smallest absolute Gasteiger partial charge is 0.332 e. The van der Waals surface area contributed by atoms with E-state index < -0.39 is 35.5 Å². The van der Waals surface area contributed by atoms with Crippen molar-refractivity contribution in [2.24, 2.45) is 18.9 Å². The van der Waals surface area contributed by atoms with Crippen LogP contribution in [0.2, 0.25) is 0 Å². The molecule has 1 aliphatic carbocycles. The summed E-state index contributed by atoms with van der Waals surface area (Å²) in [4.78, 5) is 69.0. The Morgan fingerprint density at radius 1 is 1.15 bits per heavy atom.